The maximum atomic E-state index is 11.3. The number of para-hydroxylation sites is 1. The smallest absolute Gasteiger partial charge is 0.239 e. The molecule has 1 aromatic rings. The molecule has 0 unspecified atom stereocenters. The van der Waals surface area contributed by atoms with Crippen molar-refractivity contribution in [2.45, 2.75) is 26.7 Å². The molecule has 3 heteroatoms. The van der Waals surface area contributed by atoms with Crippen LogP contribution in [0.5, 0.6) is 0 Å². The molecule has 0 atom stereocenters. The molecule has 0 saturated heterocycles. The third-order valence-electron chi connectivity index (χ3n) is 2.31. The largest absolute Gasteiger partial charge is 0.325 e. The number of aryl methyl sites for hydroxylation is 1. The molecule has 0 aliphatic heterocycles. The molecule has 15 heavy (non-hydrogen) atoms. The zero-order valence-corrected chi connectivity index (χ0v) is 10.1. The molecule has 2 nitrogen and oxygen atoms in total. The van der Waals surface area contributed by atoms with Crippen LogP contribution < -0.4 is 5.32 Å². The molecule has 0 radical (unpaired) electrons. The number of carbonyl (C=O) groups excluding carboxylic acids is 1. The van der Waals surface area contributed by atoms with E-state index in [9.17, 15) is 4.79 Å². The lowest BCUT2D eigenvalue weighted by atomic mass is 9.98. The number of nitrogens with one attached hydrogen (secondary N) is 1. The van der Waals surface area contributed by atoms with Gasteiger partial charge in [0.05, 0.1) is 0 Å². The van der Waals surface area contributed by atoms with Crippen molar-refractivity contribution in [1.82, 2.24) is 0 Å². The Kier molecular flexibility index (Phi) is 4.15. The van der Waals surface area contributed by atoms with Gasteiger partial charge in [0.2, 0.25) is 5.91 Å². The molecular formula is C12H16ClNO. The van der Waals surface area contributed by atoms with Crippen molar-refractivity contribution < 1.29 is 4.79 Å². The highest BCUT2D eigenvalue weighted by Gasteiger charge is 2.10. The quantitative estimate of drug-likeness (QED) is 0.786. The van der Waals surface area contributed by atoms with Crippen LogP contribution in [0.3, 0.4) is 0 Å². The number of hydrogen-bond acceptors (Lipinski definition) is 1. The monoisotopic (exact) mass is 225 g/mol. The maximum Gasteiger partial charge on any atom is 0.239 e. The van der Waals surface area contributed by atoms with Crippen LogP contribution in [-0.4, -0.2) is 11.8 Å². The zero-order chi connectivity index (χ0) is 11.4. The SMILES string of the molecule is Cc1cccc(C(C)C)c1NC(=O)CCl. The van der Waals surface area contributed by atoms with E-state index in [2.05, 4.69) is 19.2 Å². The van der Waals surface area contributed by atoms with E-state index in [0.717, 1.165) is 16.8 Å². The molecule has 82 valence electrons. The summed E-state index contributed by atoms with van der Waals surface area (Å²) in [6.45, 7) is 6.19. The number of anilines is 1. The Balaban J connectivity index is 3.07. The topological polar surface area (TPSA) is 29.1 Å². The van der Waals surface area contributed by atoms with Crippen LogP contribution in [0.1, 0.15) is 30.9 Å². The van der Waals surface area contributed by atoms with Gasteiger partial charge in [-0.2, -0.15) is 0 Å². The average molecular weight is 226 g/mol. The van der Waals surface area contributed by atoms with Crippen LogP contribution in [-0.2, 0) is 4.79 Å². The summed E-state index contributed by atoms with van der Waals surface area (Å²) in [5.74, 6) is 0.217. The molecule has 0 bridgehead atoms. The first-order chi connectivity index (χ1) is 7.06. The number of carbonyl (C=O) groups is 1. The Morgan fingerprint density at radius 3 is 2.67 bits per heavy atom. The third-order valence-corrected chi connectivity index (χ3v) is 2.56. The Bertz CT molecular complexity index is 361. The summed E-state index contributed by atoms with van der Waals surface area (Å²) in [7, 11) is 0. The highest BCUT2D eigenvalue weighted by Crippen LogP contribution is 2.27. The van der Waals surface area contributed by atoms with E-state index in [1.165, 1.54) is 0 Å². The second-order valence-corrected chi connectivity index (χ2v) is 4.14. The number of halogens is 1. The summed E-state index contributed by atoms with van der Waals surface area (Å²) in [5, 5.41) is 2.84. The van der Waals surface area contributed by atoms with Gasteiger partial charge < -0.3 is 5.32 Å². The van der Waals surface area contributed by atoms with Crippen molar-refractivity contribution in [1.29, 1.82) is 0 Å². The molecular weight excluding hydrogens is 210 g/mol. The summed E-state index contributed by atoms with van der Waals surface area (Å²) in [5.41, 5.74) is 3.12. The standard InChI is InChI=1S/C12H16ClNO/c1-8(2)10-6-4-5-9(3)12(10)14-11(15)7-13/h4-6,8H,7H2,1-3H3,(H,14,15). The fraction of sp³-hybridized carbons (Fsp3) is 0.417. The average Bonchev–Trinajstić information content (AvgIpc) is 2.20. The minimum Gasteiger partial charge on any atom is -0.325 e. The number of hydrogen-bond donors (Lipinski definition) is 1. The van der Waals surface area contributed by atoms with Crippen LogP contribution in [0.4, 0.5) is 5.69 Å². The van der Waals surface area contributed by atoms with Gasteiger partial charge in [-0.05, 0) is 24.0 Å². The maximum absolute atomic E-state index is 11.3. The summed E-state index contributed by atoms with van der Waals surface area (Å²) in [4.78, 5) is 11.3. The predicted molar refractivity (Wildman–Crippen MR) is 64.6 cm³/mol. The van der Waals surface area contributed by atoms with Crippen molar-refractivity contribution >= 4 is 23.2 Å². The molecule has 0 aliphatic rings. The van der Waals surface area contributed by atoms with Crippen molar-refractivity contribution in [3.05, 3.63) is 29.3 Å². The van der Waals surface area contributed by atoms with Gasteiger partial charge in [-0.1, -0.05) is 32.0 Å². The summed E-state index contributed by atoms with van der Waals surface area (Å²) in [6, 6.07) is 6.01. The molecule has 0 spiro atoms. The highest BCUT2D eigenvalue weighted by molar-refractivity contribution is 6.29. The van der Waals surface area contributed by atoms with E-state index in [1.807, 2.05) is 25.1 Å². The van der Waals surface area contributed by atoms with Gasteiger partial charge in [0.15, 0.2) is 0 Å². The van der Waals surface area contributed by atoms with E-state index in [4.69, 9.17) is 11.6 Å². The van der Waals surface area contributed by atoms with Crippen molar-refractivity contribution in [2.75, 3.05) is 11.2 Å². The molecule has 0 fully saturated rings. The van der Waals surface area contributed by atoms with Crippen molar-refractivity contribution in [3.8, 4) is 0 Å². The van der Waals surface area contributed by atoms with E-state index in [-0.39, 0.29) is 11.8 Å². The second kappa shape index (κ2) is 5.17. The van der Waals surface area contributed by atoms with Gasteiger partial charge >= 0.3 is 0 Å². The number of amides is 1. The normalized spacial score (nSPS) is 10.5. The second-order valence-electron chi connectivity index (χ2n) is 3.88. The van der Waals surface area contributed by atoms with E-state index < -0.39 is 0 Å². The molecule has 1 amide bonds. The van der Waals surface area contributed by atoms with Gasteiger partial charge in [-0.3, -0.25) is 4.79 Å². The van der Waals surface area contributed by atoms with E-state index in [0.29, 0.717) is 5.92 Å². The van der Waals surface area contributed by atoms with Crippen LogP contribution in [0, 0.1) is 6.92 Å². The fourth-order valence-electron chi connectivity index (χ4n) is 1.52. The molecule has 1 aromatic carbocycles. The van der Waals surface area contributed by atoms with E-state index in [1.54, 1.807) is 0 Å². The van der Waals surface area contributed by atoms with E-state index >= 15 is 0 Å². The lowest BCUT2D eigenvalue weighted by molar-refractivity contribution is -0.113. The summed E-state index contributed by atoms with van der Waals surface area (Å²) < 4.78 is 0. The number of benzene rings is 1. The molecule has 0 saturated carbocycles. The van der Waals surface area contributed by atoms with Crippen molar-refractivity contribution in [2.24, 2.45) is 0 Å². The fourth-order valence-corrected chi connectivity index (χ4v) is 1.58. The number of rotatable bonds is 3. The Hall–Kier alpha value is -1.02. The summed E-state index contributed by atoms with van der Waals surface area (Å²) in [6.07, 6.45) is 0. The zero-order valence-electron chi connectivity index (χ0n) is 9.30. The lowest BCUT2D eigenvalue weighted by Gasteiger charge is -2.15. The third kappa shape index (κ3) is 2.96. The molecule has 0 aliphatic carbocycles. The minimum atomic E-state index is -0.159. The van der Waals surface area contributed by atoms with Crippen molar-refractivity contribution in [3.63, 3.8) is 0 Å². The molecule has 1 rings (SSSR count). The van der Waals surface area contributed by atoms with Crippen LogP contribution in [0.2, 0.25) is 0 Å². The predicted octanol–water partition coefficient (Wildman–Crippen LogP) is 3.30. The molecule has 0 heterocycles. The summed E-state index contributed by atoms with van der Waals surface area (Å²) >= 11 is 5.47. The van der Waals surface area contributed by atoms with Crippen LogP contribution in [0.25, 0.3) is 0 Å². The van der Waals surface area contributed by atoms with Crippen LogP contribution in [0.15, 0.2) is 18.2 Å². The highest BCUT2D eigenvalue weighted by atomic mass is 35.5. The number of alkyl halides is 1. The minimum absolute atomic E-state index is 0.00807. The van der Waals surface area contributed by atoms with Crippen LogP contribution >= 0.6 is 11.6 Å². The van der Waals surface area contributed by atoms with Gasteiger partial charge in [-0.15, -0.1) is 11.6 Å². The van der Waals surface area contributed by atoms with Gasteiger partial charge in [0.1, 0.15) is 5.88 Å². The van der Waals surface area contributed by atoms with Gasteiger partial charge in [-0.25, -0.2) is 0 Å². The first-order valence-electron chi connectivity index (χ1n) is 5.01. The molecule has 1 N–H and O–H groups in total. The van der Waals surface area contributed by atoms with Gasteiger partial charge in [0.25, 0.3) is 0 Å². The lowest BCUT2D eigenvalue weighted by Crippen LogP contribution is -2.15. The first kappa shape index (κ1) is 12.1. The van der Waals surface area contributed by atoms with Gasteiger partial charge in [0, 0.05) is 5.69 Å². The first-order valence-corrected chi connectivity index (χ1v) is 5.55. The Labute approximate surface area is 95.6 Å². The Morgan fingerprint density at radius 1 is 1.47 bits per heavy atom. The Morgan fingerprint density at radius 2 is 2.13 bits per heavy atom. The molecule has 0 aromatic heterocycles.